The van der Waals surface area contributed by atoms with Crippen LogP contribution in [0.4, 0.5) is 0 Å². The van der Waals surface area contributed by atoms with Gasteiger partial charge in [0.25, 0.3) is 5.56 Å². The van der Waals surface area contributed by atoms with Crippen LogP contribution in [0.25, 0.3) is 21.7 Å². The van der Waals surface area contributed by atoms with Gasteiger partial charge in [0.05, 0.1) is 5.69 Å². The lowest BCUT2D eigenvalue weighted by atomic mass is 9.95. The SMILES string of the molecule is N#Cc1c(-c2cccs2)c2c([nH]c1=O)-c1ccccc1OC2. The maximum atomic E-state index is 12.3. The molecule has 2 aromatic heterocycles. The number of hydrogen-bond donors (Lipinski definition) is 1. The third-order valence-electron chi connectivity index (χ3n) is 3.73. The van der Waals surface area contributed by atoms with Crippen LogP contribution in [0.15, 0.2) is 46.6 Å². The van der Waals surface area contributed by atoms with E-state index in [9.17, 15) is 10.1 Å². The van der Waals surface area contributed by atoms with Crippen LogP contribution >= 0.6 is 11.3 Å². The molecule has 0 saturated carbocycles. The van der Waals surface area contributed by atoms with E-state index in [1.54, 1.807) is 0 Å². The minimum atomic E-state index is -0.360. The van der Waals surface area contributed by atoms with Gasteiger partial charge in [0, 0.05) is 21.6 Å². The molecule has 0 unspecified atom stereocenters. The number of nitrogens with one attached hydrogen (secondary N) is 1. The normalized spacial score (nSPS) is 12.0. The van der Waals surface area contributed by atoms with Crippen LogP contribution in [0.2, 0.25) is 0 Å². The number of rotatable bonds is 1. The van der Waals surface area contributed by atoms with E-state index in [0.717, 1.165) is 27.4 Å². The molecule has 0 spiro atoms. The summed E-state index contributed by atoms with van der Waals surface area (Å²) in [6, 6.07) is 13.4. The number of thiophene rings is 1. The molecule has 0 radical (unpaired) electrons. The number of aromatic nitrogens is 1. The Labute approximate surface area is 130 Å². The highest BCUT2D eigenvalue weighted by atomic mass is 32.1. The number of ether oxygens (including phenoxy) is 1. The third-order valence-corrected chi connectivity index (χ3v) is 4.61. The number of H-pyrrole nitrogens is 1. The summed E-state index contributed by atoms with van der Waals surface area (Å²) in [6.45, 7) is 0.338. The Balaban J connectivity index is 2.11. The van der Waals surface area contributed by atoms with Gasteiger partial charge in [-0.25, -0.2) is 0 Å². The summed E-state index contributed by atoms with van der Waals surface area (Å²) >= 11 is 1.51. The Hall–Kier alpha value is -2.84. The molecular weight excluding hydrogens is 296 g/mol. The molecule has 0 aliphatic carbocycles. The van der Waals surface area contributed by atoms with Crippen molar-refractivity contribution in [3.05, 3.63) is 63.3 Å². The van der Waals surface area contributed by atoms with Gasteiger partial charge < -0.3 is 9.72 Å². The lowest BCUT2D eigenvalue weighted by molar-refractivity contribution is 0.302. The number of aromatic amines is 1. The number of hydrogen-bond acceptors (Lipinski definition) is 4. The summed E-state index contributed by atoms with van der Waals surface area (Å²) in [5.41, 5.74) is 2.92. The molecular formula is C17H10N2O2S. The molecule has 22 heavy (non-hydrogen) atoms. The van der Waals surface area contributed by atoms with Gasteiger partial charge in [-0.1, -0.05) is 18.2 Å². The summed E-state index contributed by atoms with van der Waals surface area (Å²) < 4.78 is 5.80. The molecule has 0 bridgehead atoms. The Bertz CT molecular complexity index is 965. The van der Waals surface area contributed by atoms with Crippen molar-refractivity contribution in [2.75, 3.05) is 0 Å². The van der Waals surface area contributed by atoms with Crippen molar-refractivity contribution in [3.63, 3.8) is 0 Å². The molecule has 1 aromatic carbocycles. The Morgan fingerprint density at radius 1 is 1.23 bits per heavy atom. The molecule has 1 aliphatic heterocycles. The summed E-state index contributed by atoms with van der Waals surface area (Å²) in [5, 5.41) is 11.3. The highest BCUT2D eigenvalue weighted by molar-refractivity contribution is 7.13. The van der Waals surface area contributed by atoms with Crippen molar-refractivity contribution in [2.45, 2.75) is 6.61 Å². The van der Waals surface area contributed by atoms with Gasteiger partial charge in [-0.3, -0.25) is 4.79 Å². The summed E-state index contributed by atoms with van der Waals surface area (Å²) in [4.78, 5) is 16.1. The first-order chi connectivity index (χ1) is 10.8. The molecule has 0 fully saturated rings. The van der Waals surface area contributed by atoms with Crippen LogP contribution in [0.3, 0.4) is 0 Å². The molecule has 106 valence electrons. The zero-order valence-electron chi connectivity index (χ0n) is 11.4. The van der Waals surface area contributed by atoms with Crippen molar-refractivity contribution in [1.29, 1.82) is 5.26 Å². The maximum Gasteiger partial charge on any atom is 0.267 e. The fourth-order valence-electron chi connectivity index (χ4n) is 2.76. The van der Waals surface area contributed by atoms with Gasteiger partial charge in [0.2, 0.25) is 0 Å². The van der Waals surface area contributed by atoms with Crippen molar-refractivity contribution in [2.24, 2.45) is 0 Å². The molecule has 4 nitrogen and oxygen atoms in total. The minimum Gasteiger partial charge on any atom is -0.488 e. The highest BCUT2D eigenvalue weighted by Gasteiger charge is 2.25. The fraction of sp³-hybridized carbons (Fsp3) is 0.0588. The summed E-state index contributed by atoms with van der Waals surface area (Å²) in [7, 11) is 0. The molecule has 1 aliphatic rings. The fourth-order valence-corrected chi connectivity index (χ4v) is 3.57. The first-order valence-electron chi connectivity index (χ1n) is 6.75. The molecule has 4 rings (SSSR count). The monoisotopic (exact) mass is 306 g/mol. The van der Waals surface area contributed by atoms with E-state index in [2.05, 4.69) is 4.98 Å². The number of para-hydroxylation sites is 1. The van der Waals surface area contributed by atoms with E-state index in [1.165, 1.54) is 11.3 Å². The molecule has 3 aromatic rings. The third kappa shape index (κ3) is 1.78. The number of pyridine rings is 1. The average molecular weight is 306 g/mol. The first-order valence-corrected chi connectivity index (χ1v) is 7.63. The number of nitriles is 1. The van der Waals surface area contributed by atoms with Gasteiger partial charge in [-0.05, 0) is 23.6 Å². The largest absolute Gasteiger partial charge is 0.488 e. The second-order valence-corrected chi connectivity index (χ2v) is 5.88. The van der Waals surface area contributed by atoms with Crippen LogP contribution < -0.4 is 10.3 Å². The van der Waals surface area contributed by atoms with E-state index >= 15 is 0 Å². The zero-order chi connectivity index (χ0) is 15.1. The maximum absolute atomic E-state index is 12.3. The Morgan fingerprint density at radius 3 is 2.86 bits per heavy atom. The predicted octanol–water partition coefficient (Wildman–Crippen LogP) is 3.53. The van der Waals surface area contributed by atoms with Gasteiger partial charge in [-0.15, -0.1) is 11.3 Å². The summed E-state index contributed by atoms with van der Waals surface area (Å²) in [5.74, 6) is 0.743. The van der Waals surface area contributed by atoms with Gasteiger partial charge >= 0.3 is 0 Å². The number of benzene rings is 1. The Kier molecular flexibility index (Phi) is 2.84. The predicted molar refractivity (Wildman–Crippen MR) is 84.9 cm³/mol. The minimum absolute atomic E-state index is 0.143. The van der Waals surface area contributed by atoms with E-state index in [4.69, 9.17) is 4.74 Å². The zero-order valence-corrected chi connectivity index (χ0v) is 12.2. The van der Waals surface area contributed by atoms with Crippen molar-refractivity contribution in [1.82, 2.24) is 4.98 Å². The van der Waals surface area contributed by atoms with Crippen LogP contribution in [-0.2, 0) is 6.61 Å². The molecule has 5 heteroatoms. The van der Waals surface area contributed by atoms with E-state index in [1.807, 2.05) is 47.8 Å². The quantitative estimate of drug-likeness (QED) is 0.748. The van der Waals surface area contributed by atoms with Crippen molar-refractivity contribution < 1.29 is 4.74 Å². The second-order valence-electron chi connectivity index (χ2n) is 4.93. The standard InChI is InChI=1S/C17H10N2O2S/c18-8-11-15(14-6-3-7-22-14)12-9-21-13-5-2-1-4-10(13)16(12)19-17(11)20/h1-7H,9H2,(H,19,20). The topological polar surface area (TPSA) is 65.9 Å². The van der Waals surface area contributed by atoms with Gasteiger partial charge in [-0.2, -0.15) is 5.26 Å². The summed E-state index contributed by atoms with van der Waals surface area (Å²) in [6.07, 6.45) is 0. The molecule has 3 heterocycles. The lowest BCUT2D eigenvalue weighted by Crippen LogP contribution is -2.19. The number of fused-ring (bicyclic) bond motifs is 3. The number of nitrogens with zero attached hydrogens (tertiary/aromatic N) is 1. The van der Waals surface area contributed by atoms with Crippen LogP contribution in [0.5, 0.6) is 5.75 Å². The molecule has 0 atom stereocenters. The molecule has 1 N–H and O–H groups in total. The van der Waals surface area contributed by atoms with Gasteiger partial charge in [0.1, 0.15) is 24.0 Å². The molecule has 0 amide bonds. The average Bonchev–Trinajstić information content (AvgIpc) is 3.07. The van der Waals surface area contributed by atoms with E-state index < -0.39 is 0 Å². The van der Waals surface area contributed by atoms with Crippen LogP contribution in [0, 0.1) is 11.3 Å². The molecule has 0 saturated heterocycles. The Morgan fingerprint density at radius 2 is 2.09 bits per heavy atom. The first kappa shape index (κ1) is 12.9. The van der Waals surface area contributed by atoms with E-state index in [0.29, 0.717) is 12.2 Å². The highest BCUT2D eigenvalue weighted by Crippen LogP contribution is 2.41. The van der Waals surface area contributed by atoms with E-state index in [-0.39, 0.29) is 11.1 Å². The lowest BCUT2D eigenvalue weighted by Gasteiger charge is -2.22. The van der Waals surface area contributed by atoms with Crippen LogP contribution in [-0.4, -0.2) is 4.98 Å². The van der Waals surface area contributed by atoms with Crippen LogP contribution in [0.1, 0.15) is 11.1 Å². The van der Waals surface area contributed by atoms with Gasteiger partial charge in [0.15, 0.2) is 0 Å². The van der Waals surface area contributed by atoms with Crippen molar-refractivity contribution in [3.8, 4) is 33.5 Å². The second kappa shape index (κ2) is 4.86. The van der Waals surface area contributed by atoms with Crippen molar-refractivity contribution >= 4 is 11.3 Å². The smallest absolute Gasteiger partial charge is 0.267 e.